The van der Waals surface area contributed by atoms with Crippen LogP contribution in [0.2, 0.25) is 5.02 Å². The molecule has 1 fully saturated rings. The zero-order chi connectivity index (χ0) is 25.7. The first-order valence-corrected chi connectivity index (χ1v) is 12.9. The van der Waals surface area contributed by atoms with Gasteiger partial charge in [0.2, 0.25) is 0 Å². The Morgan fingerprint density at radius 2 is 1.86 bits per heavy atom. The molecular formula is C29H31ClN2O4. The fraction of sp³-hybridized carbons (Fsp3) is 0.379. The minimum atomic E-state index is -0.926. The highest BCUT2D eigenvalue weighted by molar-refractivity contribution is 6.31. The maximum atomic E-state index is 13.8. The zero-order valence-corrected chi connectivity index (χ0v) is 21.4. The summed E-state index contributed by atoms with van der Waals surface area (Å²) in [5.41, 5.74) is 1.74. The molecule has 0 saturated carbocycles. The number of ether oxygens (including phenoxy) is 1. The van der Waals surface area contributed by atoms with Gasteiger partial charge in [0, 0.05) is 40.8 Å². The quantitative estimate of drug-likeness (QED) is 0.218. The largest absolute Gasteiger partial charge is 0.465 e. The highest BCUT2D eigenvalue weighted by Gasteiger charge is 2.38. The van der Waals surface area contributed by atoms with Gasteiger partial charge >= 0.3 is 5.97 Å². The second-order valence-electron chi connectivity index (χ2n) is 9.26. The predicted octanol–water partition coefficient (Wildman–Crippen LogP) is 5.83. The third-order valence-corrected chi connectivity index (χ3v) is 7.35. The summed E-state index contributed by atoms with van der Waals surface area (Å²) in [5, 5.41) is 1.12. The van der Waals surface area contributed by atoms with E-state index in [2.05, 4.69) is 11.9 Å². The van der Waals surface area contributed by atoms with Crippen molar-refractivity contribution in [2.24, 2.45) is 17.8 Å². The fourth-order valence-electron chi connectivity index (χ4n) is 5.18. The third-order valence-electron chi connectivity index (χ3n) is 7.12. The molecule has 3 unspecified atom stereocenters. The number of hydrogen-bond acceptors (Lipinski definition) is 5. The highest BCUT2D eigenvalue weighted by Crippen LogP contribution is 2.34. The number of ketones is 1. The van der Waals surface area contributed by atoms with Gasteiger partial charge in [-0.3, -0.25) is 19.4 Å². The first-order valence-electron chi connectivity index (χ1n) is 12.5. The lowest BCUT2D eigenvalue weighted by atomic mass is 9.76. The monoisotopic (exact) mass is 506 g/mol. The molecule has 0 aliphatic carbocycles. The lowest BCUT2D eigenvalue weighted by Gasteiger charge is -2.39. The molecule has 0 N–H and O–H groups in total. The van der Waals surface area contributed by atoms with Gasteiger partial charge in [-0.15, -0.1) is 0 Å². The fourth-order valence-corrected chi connectivity index (χ4v) is 5.35. The molecule has 4 rings (SSSR count). The van der Waals surface area contributed by atoms with Gasteiger partial charge in [-0.1, -0.05) is 43.1 Å². The molecule has 1 saturated heterocycles. The van der Waals surface area contributed by atoms with Crippen LogP contribution in [0.4, 0.5) is 0 Å². The van der Waals surface area contributed by atoms with Crippen molar-refractivity contribution in [3.05, 3.63) is 76.9 Å². The summed E-state index contributed by atoms with van der Waals surface area (Å²) < 4.78 is 5.34. The molecule has 6 nitrogen and oxygen atoms in total. The van der Waals surface area contributed by atoms with E-state index in [-0.39, 0.29) is 30.1 Å². The van der Waals surface area contributed by atoms with Crippen molar-refractivity contribution < 1.29 is 19.1 Å². The first-order chi connectivity index (χ1) is 17.4. The van der Waals surface area contributed by atoms with E-state index in [1.165, 1.54) is 0 Å². The zero-order valence-electron chi connectivity index (χ0n) is 20.7. The standard InChI is InChI=1S/C29H31ClN2O4/c1-3-19-18-32(28(34)20-8-6-5-7-9-20)15-13-21(19)16-25(29(35)36-4-2)27(33)23-12-14-31-26-11-10-22(30)17-24(23)26/h5-12,14,17,19,21,25H,3-4,13,15-16,18H2,1-2H3. The number of piperidine rings is 1. The molecule has 1 aliphatic rings. The minimum absolute atomic E-state index is 0.0191. The van der Waals surface area contributed by atoms with Crippen molar-refractivity contribution >= 4 is 40.2 Å². The van der Waals surface area contributed by atoms with Crippen LogP contribution in [0.5, 0.6) is 0 Å². The molecule has 7 heteroatoms. The number of Topliss-reactive ketones (excluding diaryl/α,β-unsaturated/α-hetero) is 1. The Bertz CT molecular complexity index is 1250. The van der Waals surface area contributed by atoms with Gasteiger partial charge in [-0.2, -0.15) is 0 Å². The molecule has 3 atom stereocenters. The lowest BCUT2D eigenvalue weighted by molar-refractivity contribution is -0.147. The Labute approximate surface area is 216 Å². The number of likely N-dealkylation sites (tertiary alicyclic amines) is 1. The molecule has 0 radical (unpaired) electrons. The van der Waals surface area contributed by atoms with Crippen molar-refractivity contribution in [2.45, 2.75) is 33.1 Å². The SMILES string of the molecule is CCOC(=O)C(CC1CCN(C(=O)c2ccccc2)CC1CC)C(=O)c1ccnc2ccc(Cl)cc12. The van der Waals surface area contributed by atoms with Gasteiger partial charge in [0.25, 0.3) is 5.91 Å². The maximum Gasteiger partial charge on any atom is 0.316 e. The Morgan fingerprint density at radius 1 is 1.08 bits per heavy atom. The predicted molar refractivity (Wildman–Crippen MR) is 140 cm³/mol. The van der Waals surface area contributed by atoms with E-state index in [4.69, 9.17) is 16.3 Å². The van der Waals surface area contributed by atoms with Crippen LogP contribution in [0.1, 0.15) is 53.8 Å². The summed E-state index contributed by atoms with van der Waals surface area (Å²) in [5.74, 6) is -1.40. The summed E-state index contributed by atoms with van der Waals surface area (Å²) in [6, 6.07) is 16.1. The summed E-state index contributed by atoms with van der Waals surface area (Å²) >= 11 is 6.20. The second-order valence-corrected chi connectivity index (χ2v) is 9.70. The normalized spacial score (nSPS) is 18.6. The molecule has 1 aliphatic heterocycles. The van der Waals surface area contributed by atoms with E-state index in [1.54, 1.807) is 37.4 Å². The van der Waals surface area contributed by atoms with E-state index in [1.807, 2.05) is 35.2 Å². The van der Waals surface area contributed by atoms with Gasteiger partial charge in [0.05, 0.1) is 12.1 Å². The van der Waals surface area contributed by atoms with Crippen molar-refractivity contribution in [1.29, 1.82) is 0 Å². The van der Waals surface area contributed by atoms with E-state index >= 15 is 0 Å². The van der Waals surface area contributed by atoms with Crippen molar-refractivity contribution in [3.63, 3.8) is 0 Å². The van der Waals surface area contributed by atoms with Crippen LogP contribution < -0.4 is 0 Å². The second kappa shape index (κ2) is 11.7. The van der Waals surface area contributed by atoms with Gasteiger partial charge < -0.3 is 9.64 Å². The number of pyridine rings is 1. The number of aromatic nitrogens is 1. The number of benzene rings is 2. The average molecular weight is 507 g/mol. The van der Waals surface area contributed by atoms with E-state index in [9.17, 15) is 14.4 Å². The molecule has 2 heterocycles. The molecule has 0 spiro atoms. The molecule has 1 amide bonds. The molecular weight excluding hydrogens is 476 g/mol. The van der Waals surface area contributed by atoms with Crippen LogP contribution >= 0.6 is 11.6 Å². The third kappa shape index (κ3) is 5.59. The summed E-state index contributed by atoms with van der Waals surface area (Å²) in [6.45, 7) is 5.23. The van der Waals surface area contributed by atoms with Gasteiger partial charge in [-0.05, 0) is 68.0 Å². The first kappa shape index (κ1) is 25.8. The molecule has 2 aromatic carbocycles. The number of rotatable bonds is 8. The van der Waals surface area contributed by atoms with Gasteiger partial charge in [0.1, 0.15) is 5.92 Å². The van der Waals surface area contributed by atoms with Crippen LogP contribution in [-0.2, 0) is 9.53 Å². The number of amides is 1. The maximum absolute atomic E-state index is 13.8. The van der Waals surface area contributed by atoms with E-state index in [0.29, 0.717) is 46.6 Å². The number of fused-ring (bicyclic) bond motifs is 1. The van der Waals surface area contributed by atoms with Crippen LogP contribution in [-0.4, -0.2) is 47.2 Å². The number of halogens is 1. The number of nitrogens with zero attached hydrogens (tertiary/aromatic N) is 2. The van der Waals surface area contributed by atoms with Crippen LogP contribution in [0, 0.1) is 17.8 Å². The summed E-state index contributed by atoms with van der Waals surface area (Å²) in [7, 11) is 0. The summed E-state index contributed by atoms with van der Waals surface area (Å²) in [4.78, 5) is 46.0. The Hall–Kier alpha value is -3.25. The van der Waals surface area contributed by atoms with Gasteiger partial charge in [0.15, 0.2) is 5.78 Å². The Kier molecular flexibility index (Phi) is 8.36. The Morgan fingerprint density at radius 3 is 2.58 bits per heavy atom. The van der Waals surface area contributed by atoms with Crippen molar-refractivity contribution in [1.82, 2.24) is 9.88 Å². The van der Waals surface area contributed by atoms with Gasteiger partial charge in [-0.25, -0.2) is 0 Å². The van der Waals surface area contributed by atoms with Crippen molar-refractivity contribution in [3.8, 4) is 0 Å². The molecule has 3 aromatic rings. The number of carbonyl (C=O) groups is 3. The van der Waals surface area contributed by atoms with Crippen molar-refractivity contribution in [2.75, 3.05) is 19.7 Å². The smallest absolute Gasteiger partial charge is 0.316 e. The minimum Gasteiger partial charge on any atom is -0.465 e. The molecule has 36 heavy (non-hydrogen) atoms. The highest BCUT2D eigenvalue weighted by atomic mass is 35.5. The van der Waals surface area contributed by atoms with E-state index < -0.39 is 11.9 Å². The molecule has 1 aromatic heterocycles. The number of hydrogen-bond donors (Lipinski definition) is 0. The lowest BCUT2D eigenvalue weighted by Crippen LogP contribution is -2.45. The average Bonchev–Trinajstić information content (AvgIpc) is 2.91. The molecule has 0 bridgehead atoms. The van der Waals surface area contributed by atoms with Crippen LogP contribution in [0.25, 0.3) is 10.9 Å². The number of esters is 1. The van der Waals surface area contributed by atoms with Crippen LogP contribution in [0.3, 0.4) is 0 Å². The topological polar surface area (TPSA) is 76.6 Å². The van der Waals surface area contributed by atoms with E-state index in [0.717, 1.165) is 12.8 Å². The molecule has 188 valence electrons. The number of carbonyl (C=O) groups excluding carboxylic acids is 3. The van der Waals surface area contributed by atoms with Crippen LogP contribution in [0.15, 0.2) is 60.8 Å². The Balaban J connectivity index is 1.57. The summed E-state index contributed by atoms with van der Waals surface area (Å²) in [6.07, 6.45) is 3.53.